The number of sulfonamides is 1. The van der Waals surface area contributed by atoms with E-state index in [2.05, 4.69) is 32.8 Å². The molecule has 1 aromatic carbocycles. The molecule has 5 nitrogen and oxygen atoms in total. The Kier molecular flexibility index (Phi) is 4.67. The molecule has 1 saturated heterocycles. The topological polar surface area (TPSA) is 49.9 Å². The number of piperidine rings is 1. The summed E-state index contributed by atoms with van der Waals surface area (Å²) >= 11 is 0. The highest BCUT2D eigenvalue weighted by Gasteiger charge is 2.44. The quantitative estimate of drug-likeness (QED) is 0.820. The van der Waals surface area contributed by atoms with Gasteiger partial charge in [0.1, 0.15) is 0 Å². The van der Waals surface area contributed by atoms with Gasteiger partial charge in [-0.25, -0.2) is 8.42 Å². The second-order valence-corrected chi connectivity index (χ2v) is 10.5. The molecular formula is C19H30N2O3S. The van der Waals surface area contributed by atoms with Crippen LogP contribution in [0.1, 0.15) is 52.5 Å². The van der Waals surface area contributed by atoms with E-state index in [4.69, 9.17) is 4.84 Å². The minimum atomic E-state index is -3.34. The van der Waals surface area contributed by atoms with Gasteiger partial charge in [-0.1, -0.05) is 18.2 Å². The maximum atomic E-state index is 12.4. The number of hydrogen-bond acceptors (Lipinski definition) is 4. The molecule has 140 valence electrons. The Morgan fingerprint density at radius 2 is 1.72 bits per heavy atom. The minimum absolute atomic E-state index is 0.0525. The summed E-state index contributed by atoms with van der Waals surface area (Å²) in [5.74, 6) is 0. The average Bonchev–Trinajstić information content (AvgIpc) is 2.83. The molecule has 0 radical (unpaired) electrons. The normalized spacial score (nSPS) is 25.8. The van der Waals surface area contributed by atoms with Crippen molar-refractivity contribution in [2.75, 3.05) is 17.2 Å². The first-order valence-electron chi connectivity index (χ1n) is 9.03. The van der Waals surface area contributed by atoms with Crippen LogP contribution < -0.4 is 4.31 Å². The monoisotopic (exact) mass is 366 g/mol. The van der Waals surface area contributed by atoms with Gasteiger partial charge in [0.2, 0.25) is 10.0 Å². The van der Waals surface area contributed by atoms with Crippen molar-refractivity contribution < 1.29 is 13.3 Å². The second kappa shape index (κ2) is 6.25. The average molecular weight is 367 g/mol. The molecule has 2 aliphatic rings. The molecule has 6 heteroatoms. The zero-order valence-corrected chi connectivity index (χ0v) is 16.8. The van der Waals surface area contributed by atoms with Crippen LogP contribution in [0, 0.1) is 0 Å². The van der Waals surface area contributed by atoms with Crippen LogP contribution in [0.15, 0.2) is 24.3 Å². The summed E-state index contributed by atoms with van der Waals surface area (Å²) in [4.78, 5) is 6.28. The fraction of sp³-hybridized carbons (Fsp3) is 0.684. The molecule has 1 aromatic rings. The summed E-state index contributed by atoms with van der Waals surface area (Å²) in [6.07, 6.45) is 5.31. The third-order valence-corrected chi connectivity index (χ3v) is 6.66. The van der Waals surface area contributed by atoms with Crippen molar-refractivity contribution >= 4 is 15.7 Å². The Balaban J connectivity index is 1.81. The van der Waals surface area contributed by atoms with Crippen molar-refractivity contribution in [3.8, 4) is 0 Å². The standard InChI is InChI=1S/C19H30N2O3S/c1-18(2)11-8-12-19(3,4)21(18)24-14-16-13-15-9-6-7-10-17(15)20(16)25(5,22)23/h6-7,9-10,16H,8,11-14H2,1-5H3/t16-/m0/s1. The molecule has 0 spiro atoms. The fourth-order valence-corrected chi connectivity index (χ4v) is 5.71. The predicted molar refractivity (Wildman–Crippen MR) is 101 cm³/mol. The third kappa shape index (κ3) is 3.57. The minimum Gasteiger partial charge on any atom is -0.296 e. The highest BCUT2D eigenvalue weighted by molar-refractivity contribution is 7.92. The van der Waals surface area contributed by atoms with E-state index in [9.17, 15) is 8.42 Å². The predicted octanol–water partition coefficient (Wildman–Crippen LogP) is 3.35. The van der Waals surface area contributed by atoms with E-state index in [0.29, 0.717) is 13.0 Å². The van der Waals surface area contributed by atoms with Crippen LogP contribution in [-0.2, 0) is 21.3 Å². The lowest BCUT2D eigenvalue weighted by atomic mass is 9.82. The first-order valence-corrected chi connectivity index (χ1v) is 10.9. The smallest absolute Gasteiger partial charge is 0.232 e. The van der Waals surface area contributed by atoms with Crippen LogP contribution in [0.2, 0.25) is 0 Å². The second-order valence-electron chi connectivity index (χ2n) is 8.61. The van der Waals surface area contributed by atoms with Crippen LogP contribution in [0.5, 0.6) is 0 Å². The maximum Gasteiger partial charge on any atom is 0.232 e. The van der Waals surface area contributed by atoms with E-state index in [1.807, 2.05) is 24.3 Å². The lowest BCUT2D eigenvalue weighted by molar-refractivity contribution is -0.282. The van der Waals surface area contributed by atoms with Crippen molar-refractivity contribution in [3.05, 3.63) is 29.8 Å². The molecule has 0 saturated carbocycles. The van der Waals surface area contributed by atoms with E-state index in [1.54, 1.807) is 0 Å². The molecule has 2 aliphatic heterocycles. The molecule has 0 aliphatic carbocycles. The summed E-state index contributed by atoms with van der Waals surface area (Å²) < 4.78 is 26.3. The highest BCUT2D eigenvalue weighted by atomic mass is 32.2. The molecule has 0 bridgehead atoms. The van der Waals surface area contributed by atoms with Crippen molar-refractivity contribution in [3.63, 3.8) is 0 Å². The van der Waals surface area contributed by atoms with Gasteiger partial charge in [-0.05, 0) is 65.0 Å². The van der Waals surface area contributed by atoms with E-state index >= 15 is 0 Å². The molecule has 1 fully saturated rings. The van der Waals surface area contributed by atoms with Gasteiger partial charge < -0.3 is 0 Å². The Morgan fingerprint density at radius 3 is 2.32 bits per heavy atom. The molecule has 0 N–H and O–H groups in total. The van der Waals surface area contributed by atoms with Crippen LogP contribution in [0.3, 0.4) is 0 Å². The first-order chi connectivity index (χ1) is 11.5. The van der Waals surface area contributed by atoms with Gasteiger partial charge in [-0.2, -0.15) is 5.06 Å². The Bertz CT molecular complexity index is 727. The number of nitrogens with zero attached hydrogens (tertiary/aromatic N) is 2. The number of para-hydroxylation sites is 1. The van der Waals surface area contributed by atoms with Gasteiger partial charge in [0.15, 0.2) is 0 Å². The van der Waals surface area contributed by atoms with Gasteiger partial charge in [0.25, 0.3) is 0 Å². The van der Waals surface area contributed by atoms with Crippen molar-refractivity contribution in [2.45, 2.75) is 70.5 Å². The highest BCUT2D eigenvalue weighted by Crippen LogP contribution is 2.39. The number of hydroxylamine groups is 2. The van der Waals surface area contributed by atoms with E-state index < -0.39 is 10.0 Å². The van der Waals surface area contributed by atoms with Crippen molar-refractivity contribution in [1.82, 2.24) is 5.06 Å². The first kappa shape index (κ1) is 18.7. The van der Waals surface area contributed by atoms with Crippen LogP contribution >= 0.6 is 0 Å². The summed E-state index contributed by atoms with van der Waals surface area (Å²) in [5.41, 5.74) is 1.75. The van der Waals surface area contributed by atoms with Gasteiger partial charge in [-0.15, -0.1) is 0 Å². The van der Waals surface area contributed by atoms with E-state index in [-0.39, 0.29) is 17.1 Å². The summed E-state index contributed by atoms with van der Waals surface area (Å²) in [5, 5.41) is 2.10. The maximum absolute atomic E-state index is 12.4. The molecule has 0 unspecified atom stereocenters. The number of rotatable bonds is 4. The number of anilines is 1. The Labute approximate surface area is 152 Å². The van der Waals surface area contributed by atoms with Crippen LogP contribution in [0.25, 0.3) is 0 Å². The Morgan fingerprint density at radius 1 is 1.12 bits per heavy atom. The van der Waals surface area contributed by atoms with Gasteiger partial charge >= 0.3 is 0 Å². The summed E-state index contributed by atoms with van der Waals surface area (Å²) in [7, 11) is -3.34. The zero-order valence-electron chi connectivity index (χ0n) is 15.9. The number of hydrogen-bond donors (Lipinski definition) is 0. The Hall–Kier alpha value is -1.11. The molecule has 0 aromatic heterocycles. The number of benzene rings is 1. The van der Waals surface area contributed by atoms with Gasteiger partial charge in [0, 0.05) is 11.1 Å². The van der Waals surface area contributed by atoms with Crippen molar-refractivity contribution in [1.29, 1.82) is 0 Å². The van der Waals surface area contributed by atoms with Crippen LogP contribution in [-0.4, -0.2) is 43.5 Å². The molecule has 0 amide bonds. The summed E-state index contributed by atoms with van der Waals surface area (Å²) in [6.45, 7) is 9.17. The van der Waals surface area contributed by atoms with Crippen LogP contribution in [0.4, 0.5) is 5.69 Å². The molecule has 25 heavy (non-hydrogen) atoms. The van der Waals surface area contributed by atoms with Crippen molar-refractivity contribution in [2.24, 2.45) is 0 Å². The number of fused-ring (bicyclic) bond motifs is 1. The third-order valence-electron chi connectivity index (χ3n) is 5.45. The van der Waals surface area contributed by atoms with Gasteiger partial charge in [0.05, 0.1) is 24.6 Å². The fourth-order valence-electron chi connectivity index (χ4n) is 4.49. The lowest BCUT2D eigenvalue weighted by Gasteiger charge is -2.51. The zero-order chi connectivity index (χ0) is 18.5. The molecule has 2 heterocycles. The van der Waals surface area contributed by atoms with Gasteiger partial charge in [-0.3, -0.25) is 9.14 Å². The van der Waals surface area contributed by atoms with E-state index in [1.165, 1.54) is 17.0 Å². The molecular weight excluding hydrogens is 336 g/mol. The lowest BCUT2D eigenvalue weighted by Crippen LogP contribution is -2.59. The van der Waals surface area contributed by atoms with E-state index in [0.717, 1.165) is 24.1 Å². The molecule has 3 rings (SSSR count). The SMILES string of the molecule is CC1(C)CCCC(C)(C)N1OC[C@@H]1Cc2ccccc2N1S(C)(=O)=O. The molecule has 1 atom stereocenters. The largest absolute Gasteiger partial charge is 0.296 e. The summed E-state index contributed by atoms with van der Waals surface area (Å²) in [6, 6.07) is 7.53.